The first-order valence-corrected chi connectivity index (χ1v) is 4.31. The van der Waals surface area contributed by atoms with Crippen molar-refractivity contribution in [1.29, 1.82) is 0 Å². The molecule has 2 heteroatoms. The molecular weight excluding hydrogens is 120 g/mol. The molecule has 0 amide bonds. The summed E-state index contributed by atoms with van der Waals surface area (Å²) in [4.78, 5) is 0. The number of allylic oxidation sites excluding steroid dienone is 1. The molecule has 0 radical (unpaired) electrons. The number of hydrogen-bond acceptors (Lipinski definition) is 1. The van der Waals surface area contributed by atoms with Gasteiger partial charge in [-0.05, 0) is 11.8 Å². The van der Waals surface area contributed by atoms with Crippen molar-refractivity contribution >= 4 is 10.8 Å². The van der Waals surface area contributed by atoms with Crippen molar-refractivity contribution in [3.63, 3.8) is 0 Å². The second kappa shape index (κ2) is 5.04. The molecule has 1 nitrogen and oxygen atoms in total. The lowest BCUT2D eigenvalue weighted by Crippen LogP contribution is -1.80. The third kappa shape index (κ3) is 2.97. The van der Waals surface area contributed by atoms with E-state index in [0.29, 0.717) is 0 Å². The van der Waals surface area contributed by atoms with Crippen LogP contribution >= 0.6 is 0 Å². The molecule has 0 aromatic carbocycles. The Morgan fingerprint density at radius 2 is 2.12 bits per heavy atom. The summed E-state index contributed by atoms with van der Waals surface area (Å²) in [5.41, 5.74) is 0. The van der Waals surface area contributed by atoms with Crippen molar-refractivity contribution in [2.75, 3.05) is 5.75 Å². The third-order valence-electron chi connectivity index (χ3n) is 0.734. The molecule has 1 unspecified atom stereocenters. The van der Waals surface area contributed by atoms with Crippen LogP contribution in [0.25, 0.3) is 0 Å². The molecule has 1 rings (SSSR count). The first-order valence-electron chi connectivity index (χ1n) is 2.93. The molecule has 1 heterocycles. The maximum atomic E-state index is 10.3. The molecular formula is C6H12OS. The Kier molecular flexibility index (Phi) is 4.97. The van der Waals surface area contributed by atoms with Crippen LogP contribution in [0.15, 0.2) is 11.5 Å². The predicted octanol–water partition coefficient (Wildman–Crippen LogP) is 1.68. The van der Waals surface area contributed by atoms with Gasteiger partial charge in [0, 0.05) is 16.6 Å². The van der Waals surface area contributed by atoms with Crippen LogP contribution in [-0.2, 0) is 10.8 Å². The molecule has 0 spiro atoms. The first-order chi connectivity index (χ1) is 3.89. The van der Waals surface area contributed by atoms with Gasteiger partial charge in [0.25, 0.3) is 0 Å². The maximum absolute atomic E-state index is 10.3. The molecule has 1 aliphatic heterocycles. The molecule has 0 fully saturated rings. The minimum absolute atomic E-state index is 0.603. The minimum atomic E-state index is -0.603. The van der Waals surface area contributed by atoms with E-state index < -0.39 is 10.8 Å². The van der Waals surface area contributed by atoms with E-state index in [1.54, 1.807) is 5.41 Å². The second-order valence-electron chi connectivity index (χ2n) is 1.25. The zero-order valence-electron chi connectivity index (χ0n) is 5.39. The molecule has 0 bridgehead atoms. The fourth-order valence-corrected chi connectivity index (χ4v) is 1.28. The Morgan fingerprint density at radius 3 is 2.25 bits per heavy atom. The Morgan fingerprint density at radius 1 is 1.50 bits per heavy atom. The van der Waals surface area contributed by atoms with E-state index in [1.165, 1.54) is 0 Å². The summed E-state index contributed by atoms with van der Waals surface area (Å²) in [6.07, 6.45) is 2.96. The Labute approximate surface area is 53.2 Å². The van der Waals surface area contributed by atoms with Gasteiger partial charge in [0.15, 0.2) is 0 Å². The highest BCUT2D eigenvalue weighted by molar-refractivity contribution is 7.88. The van der Waals surface area contributed by atoms with Gasteiger partial charge in [0.1, 0.15) is 0 Å². The molecule has 0 aromatic rings. The highest BCUT2D eigenvalue weighted by atomic mass is 32.2. The van der Waals surface area contributed by atoms with Crippen LogP contribution in [0.4, 0.5) is 0 Å². The van der Waals surface area contributed by atoms with Crippen LogP contribution < -0.4 is 0 Å². The smallest absolute Gasteiger partial charge is 0.0455 e. The van der Waals surface area contributed by atoms with E-state index in [4.69, 9.17) is 0 Å². The van der Waals surface area contributed by atoms with Gasteiger partial charge in [-0.15, -0.1) is 0 Å². The Hall–Kier alpha value is -0.110. The average Bonchev–Trinajstić information content (AvgIpc) is 2.24. The van der Waals surface area contributed by atoms with Gasteiger partial charge in [-0.1, -0.05) is 19.9 Å². The van der Waals surface area contributed by atoms with Gasteiger partial charge in [-0.3, -0.25) is 4.21 Å². The topological polar surface area (TPSA) is 17.1 Å². The normalized spacial score (nSPS) is 24.5. The van der Waals surface area contributed by atoms with Crippen LogP contribution in [0, 0.1) is 0 Å². The molecule has 1 aliphatic rings. The SMILES string of the molecule is CC.O=S1C=CCC1. The van der Waals surface area contributed by atoms with Crippen LogP contribution in [0.3, 0.4) is 0 Å². The quantitative estimate of drug-likeness (QED) is 0.490. The van der Waals surface area contributed by atoms with E-state index in [-0.39, 0.29) is 0 Å². The zero-order valence-corrected chi connectivity index (χ0v) is 6.20. The van der Waals surface area contributed by atoms with Gasteiger partial charge in [-0.2, -0.15) is 0 Å². The first kappa shape index (κ1) is 7.89. The van der Waals surface area contributed by atoms with Gasteiger partial charge in [-0.25, -0.2) is 0 Å². The molecule has 0 aliphatic carbocycles. The molecule has 0 saturated heterocycles. The fourth-order valence-electron chi connectivity index (χ4n) is 0.428. The summed E-state index contributed by atoms with van der Waals surface area (Å²) in [5, 5.41) is 1.75. The van der Waals surface area contributed by atoms with E-state index >= 15 is 0 Å². The molecule has 0 N–H and O–H groups in total. The molecule has 0 aromatic heterocycles. The van der Waals surface area contributed by atoms with E-state index in [2.05, 4.69) is 0 Å². The standard InChI is InChI=1S/C4H6OS.C2H6/c5-6-3-1-2-4-6;1-2/h1,3H,2,4H2;1-2H3. The third-order valence-corrected chi connectivity index (χ3v) is 1.87. The van der Waals surface area contributed by atoms with Crippen LogP contribution in [-0.4, -0.2) is 9.96 Å². The van der Waals surface area contributed by atoms with Crippen LogP contribution in [0.5, 0.6) is 0 Å². The summed E-state index contributed by atoms with van der Waals surface area (Å²) < 4.78 is 10.3. The van der Waals surface area contributed by atoms with E-state index in [1.807, 2.05) is 19.9 Å². The van der Waals surface area contributed by atoms with Crippen molar-refractivity contribution in [3.05, 3.63) is 11.5 Å². The molecule has 48 valence electrons. The molecule has 1 atom stereocenters. The fraction of sp³-hybridized carbons (Fsp3) is 0.667. The van der Waals surface area contributed by atoms with Crippen molar-refractivity contribution in [1.82, 2.24) is 0 Å². The van der Waals surface area contributed by atoms with E-state index in [9.17, 15) is 4.21 Å². The van der Waals surface area contributed by atoms with E-state index in [0.717, 1.165) is 12.2 Å². The lowest BCUT2D eigenvalue weighted by atomic mass is 10.5. The Bertz CT molecular complexity index is 96.7. The monoisotopic (exact) mass is 132 g/mol. The molecule has 8 heavy (non-hydrogen) atoms. The number of rotatable bonds is 0. The van der Waals surface area contributed by atoms with Crippen molar-refractivity contribution < 1.29 is 4.21 Å². The van der Waals surface area contributed by atoms with Crippen LogP contribution in [0.2, 0.25) is 0 Å². The summed E-state index contributed by atoms with van der Waals surface area (Å²) in [5.74, 6) is 0.847. The van der Waals surface area contributed by atoms with Gasteiger partial charge in [0.05, 0.1) is 0 Å². The van der Waals surface area contributed by atoms with Crippen LogP contribution in [0.1, 0.15) is 20.3 Å². The average molecular weight is 132 g/mol. The van der Waals surface area contributed by atoms with Gasteiger partial charge < -0.3 is 0 Å². The summed E-state index contributed by atoms with van der Waals surface area (Å²) in [6, 6.07) is 0. The predicted molar refractivity (Wildman–Crippen MR) is 38.1 cm³/mol. The summed E-state index contributed by atoms with van der Waals surface area (Å²) in [6.45, 7) is 4.00. The lowest BCUT2D eigenvalue weighted by Gasteiger charge is -1.73. The van der Waals surface area contributed by atoms with Gasteiger partial charge in [0.2, 0.25) is 0 Å². The highest BCUT2D eigenvalue weighted by Crippen LogP contribution is 1.99. The highest BCUT2D eigenvalue weighted by Gasteiger charge is 1.96. The lowest BCUT2D eigenvalue weighted by molar-refractivity contribution is 0.689. The summed E-state index contributed by atoms with van der Waals surface area (Å²) in [7, 11) is -0.603. The number of hydrogen-bond donors (Lipinski definition) is 0. The zero-order chi connectivity index (χ0) is 6.41. The van der Waals surface area contributed by atoms with Crippen molar-refractivity contribution in [2.45, 2.75) is 20.3 Å². The maximum Gasteiger partial charge on any atom is 0.0455 e. The second-order valence-corrected chi connectivity index (χ2v) is 2.69. The minimum Gasteiger partial charge on any atom is -0.255 e. The Balaban J connectivity index is 0.000000222. The largest absolute Gasteiger partial charge is 0.255 e. The van der Waals surface area contributed by atoms with Crippen molar-refractivity contribution in [3.8, 4) is 0 Å². The summed E-state index contributed by atoms with van der Waals surface area (Å²) >= 11 is 0. The molecule has 0 saturated carbocycles. The van der Waals surface area contributed by atoms with Gasteiger partial charge >= 0.3 is 0 Å². The van der Waals surface area contributed by atoms with Crippen molar-refractivity contribution in [2.24, 2.45) is 0 Å².